The van der Waals surface area contributed by atoms with E-state index in [0.717, 1.165) is 11.5 Å². The summed E-state index contributed by atoms with van der Waals surface area (Å²) >= 11 is 5.67. The van der Waals surface area contributed by atoms with Gasteiger partial charge in [-0.05, 0) is 12.1 Å². The molecule has 3 heterocycles. The number of amides is 1. The number of benzene rings is 1. The smallest absolute Gasteiger partial charge is 0.223 e. The number of aromatic nitrogens is 5. The molecule has 26 heavy (non-hydrogen) atoms. The summed E-state index contributed by atoms with van der Waals surface area (Å²) in [5.74, 6) is 1.21. The average Bonchev–Trinajstić information content (AvgIpc) is 3.13. The van der Waals surface area contributed by atoms with Gasteiger partial charge in [-0.2, -0.15) is 4.68 Å². The highest BCUT2D eigenvalue weighted by atomic mass is 35.5. The number of alkyl halides is 1. The van der Waals surface area contributed by atoms with Gasteiger partial charge < -0.3 is 9.80 Å². The molecule has 0 saturated carbocycles. The van der Waals surface area contributed by atoms with E-state index in [4.69, 9.17) is 11.6 Å². The molecule has 3 aromatic rings. The number of anilines is 1. The average molecular weight is 372 g/mol. The van der Waals surface area contributed by atoms with Crippen LogP contribution in [0.2, 0.25) is 0 Å². The maximum absolute atomic E-state index is 12.0. The normalized spacial score (nSPS) is 14.8. The Hall–Kier alpha value is -2.74. The summed E-state index contributed by atoms with van der Waals surface area (Å²) < 4.78 is 1.71. The lowest BCUT2D eigenvalue weighted by Gasteiger charge is -2.35. The summed E-state index contributed by atoms with van der Waals surface area (Å²) in [5, 5.41) is 8.55. The van der Waals surface area contributed by atoms with Gasteiger partial charge in [0.15, 0.2) is 17.0 Å². The quantitative estimate of drug-likeness (QED) is 0.646. The number of para-hydroxylation sites is 1. The summed E-state index contributed by atoms with van der Waals surface area (Å²) in [6.45, 7) is 2.68. The molecule has 1 aliphatic rings. The monoisotopic (exact) mass is 371 g/mol. The van der Waals surface area contributed by atoms with Crippen LogP contribution in [0.5, 0.6) is 0 Å². The number of halogens is 1. The van der Waals surface area contributed by atoms with Crippen molar-refractivity contribution in [1.82, 2.24) is 29.9 Å². The lowest BCUT2D eigenvalue weighted by molar-refractivity contribution is -0.131. The molecule has 134 valence electrons. The molecule has 8 nitrogen and oxygen atoms in total. The highest BCUT2D eigenvalue weighted by Crippen LogP contribution is 2.23. The molecule has 1 aliphatic heterocycles. The van der Waals surface area contributed by atoms with E-state index in [0.29, 0.717) is 49.6 Å². The number of nitrogens with zero attached hydrogens (tertiary/aromatic N) is 7. The van der Waals surface area contributed by atoms with Crippen molar-refractivity contribution in [3.8, 4) is 5.69 Å². The number of rotatable bonds is 4. The Morgan fingerprint density at radius 2 is 1.85 bits per heavy atom. The standard InChI is InChI=1S/C17H18ClN7O/c18-7-6-14(26)23-8-10-24(11-9-23)16-15-17(20-12-19-16)25(22-21-15)13-4-2-1-3-5-13/h1-5,12H,6-11H2. The van der Waals surface area contributed by atoms with E-state index in [-0.39, 0.29) is 5.91 Å². The van der Waals surface area contributed by atoms with Crippen molar-refractivity contribution in [1.29, 1.82) is 0 Å². The lowest BCUT2D eigenvalue weighted by atomic mass is 10.2. The first-order valence-corrected chi connectivity index (χ1v) is 9.02. The highest BCUT2D eigenvalue weighted by Gasteiger charge is 2.24. The molecule has 0 spiro atoms. The van der Waals surface area contributed by atoms with Crippen LogP contribution < -0.4 is 4.90 Å². The Morgan fingerprint density at radius 3 is 2.58 bits per heavy atom. The molecule has 0 unspecified atom stereocenters. The van der Waals surface area contributed by atoms with E-state index in [1.54, 1.807) is 4.68 Å². The molecule has 1 fully saturated rings. The van der Waals surface area contributed by atoms with Crippen LogP contribution in [-0.4, -0.2) is 67.8 Å². The van der Waals surface area contributed by atoms with Crippen molar-refractivity contribution in [2.24, 2.45) is 0 Å². The van der Waals surface area contributed by atoms with Crippen LogP contribution in [0.1, 0.15) is 6.42 Å². The molecule has 2 aromatic heterocycles. The minimum Gasteiger partial charge on any atom is -0.351 e. The summed E-state index contributed by atoms with van der Waals surface area (Å²) in [6.07, 6.45) is 1.91. The Kier molecular flexibility index (Phi) is 4.66. The Morgan fingerprint density at radius 1 is 1.08 bits per heavy atom. The molecule has 1 aromatic carbocycles. The summed E-state index contributed by atoms with van der Waals surface area (Å²) in [5.41, 5.74) is 2.23. The minimum absolute atomic E-state index is 0.0995. The van der Waals surface area contributed by atoms with E-state index in [1.165, 1.54) is 6.33 Å². The van der Waals surface area contributed by atoms with Crippen molar-refractivity contribution < 1.29 is 4.79 Å². The van der Waals surface area contributed by atoms with Crippen molar-refractivity contribution in [3.63, 3.8) is 0 Å². The molecule has 0 N–H and O–H groups in total. The van der Waals surface area contributed by atoms with Gasteiger partial charge in [-0.1, -0.05) is 23.4 Å². The van der Waals surface area contributed by atoms with Crippen molar-refractivity contribution in [2.45, 2.75) is 6.42 Å². The number of carbonyl (C=O) groups is 1. The topological polar surface area (TPSA) is 80.0 Å². The van der Waals surface area contributed by atoms with Crippen molar-refractivity contribution >= 4 is 34.5 Å². The fourth-order valence-corrected chi connectivity index (χ4v) is 3.28. The van der Waals surface area contributed by atoms with Gasteiger partial charge in [-0.3, -0.25) is 4.79 Å². The van der Waals surface area contributed by atoms with Crippen LogP contribution in [0.15, 0.2) is 36.7 Å². The second-order valence-corrected chi connectivity index (χ2v) is 6.39. The second-order valence-electron chi connectivity index (χ2n) is 6.01. The Balaban J connectivity index is 1.59. The molecule has 0 atom stereocenters. The largest absolute Gasteiger partial charge is 0.351 e. The second kappa shape index (κ2) is 7.25. The maximum Gasteiger partial charge on any atom is 0.223 e. The predicted molar refractivity (Wildman–Crippen MR) is 98.6 cm³/mol. The Bertz CT molecular complexity index is 906. The van der Waals surface area contributed by atoms with Crippen LogP contribution in [0.4, 0.5) is 5.82 Å². The minimum atomic E-state index is 0.0995. The van der Waals surface area contributed by atoms with Crippen LogP contribution in [0.25, 0.3) is 16.9 Å². The molecule has 0 aliphatic carbocycles. The van der Waals surface area contributed by atoms with Crippen LogP contribution in [-0.2, 0) is 4.79 Å². The zero-order valence-corrected chi connectivity index (χ0v) is 14.9. The van der Waals surface area contributed by atoms with Gasteiger partial charge in [-0.25, -0.2) is 9.97 Å². The van der Waals surface area contributed by atoms with E-state index < -0.39 is 0 Å². The number of piperazine rings is 1. The third-order valence-corrected chi connectivity index (χ3v) is 4.65. The number of hydrogen-bond acceptors (Lipinski definition) is 6. The SMILES string of the molecule is O=C(CCCl)N1CCN(c2ncnc3c2nnn3-c2ccccc2)CC1. The summed E-state index contributed by atoms with van der Waals surface area (Å²) in [7, 11) is 0. The molecule has 4 rings (SSSR count). The molecule has 0 bridgehead atoms. The van der Waals surface area contributed by atoms with Crippen LogP contribution in [0.3, 0.4) is 0 Å². The predicted octanol–water partition coefficient (Wildman–Crippen LogP) is 1.49. The molecular weight excluding hydrogens is 354 g/mol. The van der Waals surface area contributed by atoms with Gasteiger partial charge in [-0.15, -0.1) is 16.7 Å². The van der Waals surface area contributed by atoms with Crippen molar-refractivity contribution in [3.05, 3.63) is 36.7 Å². The number of carbonyl (C=O) groups excluding carboxylic acids is 1. The fourth-order valence-electron chi connectivity index (χ4n) is 3.12. The van der Waals surface area contributed by atoms with Gasteiger partial charge in [0.1, 0.15) is 6.33 Å². The molecular formula is C17H18ClN7O. The van der Waals surface area contributed by atoms with Crippen LogP contribution >= 0.6 is 11.6 Å². The highest BCUT2D eigenvalue weighted by molar-refractivity contribution is 6.18. The fraction of sp³-hybridized carbons (Fsp3) is 0.353. The van der Waals surface area contributed by atoms with E-state index in [1.807, 2.05) is 35.2 Å². The zero-order chi connectivity index (χ0) is 17.9. The number of fused-ring (bicyclic) bond motifs is 1. The lowest BCUT2D eigenvalue weighted by Crippen LogP contribution is -2.49. The van der Waals surface area contributed by atoms with Crippen LogP contribution in [0, 0.1) is 0 Å². The molecule has 1 amide bonds. The third-order valence-electron chi connectivity index (χ3n) is 4.46. The molecule has 0 radical (unpaired) electrons. The van der Waals surface area contributed by atoms with E-state index in [9.17, 15) is 4.79 Å². The van der Waals surface area contributed by atoms with E-state index in [2.05, 4.69) is 25.2 Å². The first-order chi connectivity index (χ1) is 12.8. The van der Waals surface area contributed by atoms with Gasteiger partial charge in [0.2, 0.25) is 5.91 Å². The van der Waals surface area contributed by atoms with Crippen molar-refractivity contribution in [2.75, 3.05) is 37.0 Å². The van der Waals surface area contributed by atoms with Gasteiger partial charge >= 0.3 is 0 Å². The third kappa shape index (κ3) is 3.08. The van der Waals surface area contributed by atoms with Gasteiger partial charge in [0.05, 0.1) is 5.69 Å². The molecule has 1 saturated heterocycles. The zero-order valence-electron chi connectivity index (χ0n) is 14.1. The number of hydrogen-bond donors (Lipinski definition) is 0. The molecule has 9 heteroatoms. The van der Waals surface area contributed by atoms with Gasteiger partial charge in [0, 0.05) is 38.5 Å². The first kappa shape index (κ1) is 16.7. The maximum atomic E-state index is 12.0. The Labute approximate surface area is 155 Å². The summed E-state index contributed by atoms with van der Waals surface area (Å²) in [4.78, 5) is 24.7. The summed E-state index contributed by atoms with van der Waals surface area (Å²) in [6, 6.07) is 9.76. The van der Waals surface area contributed by atoms with Gasteiger partial charge in [0.25, 0.3) is 0 Å². The van der Waals surface area contributed by atoms with E-state index >= 15 is 0 Å². The first-order valence-electron chi connectivity index (χ1n) is 8.48.